The third-order valence-corrected chi connectivity index (χ3v) is 5.27. The van der Waals surface area contributed by atoms with Crippen LogP contribution in [0.4, 0.5) is 4.39 Å². The number of aliphatic hydroxyl groups is 1. The summed E-state index contributed by atoms with van der Waals surface area (Å²) in [5.74, 6) is -0.865. The van der Waals surface area contributed by atoms with E-state index in [1.165, 1.54) is 26.1 Å². The molecule has 34 heavy (non-hydrogen) atoms. The van der Waals surface area contributed by atoms with Crippen molar-refractivity contribution in [1.82, 2.24) is 4.98 Å². The van der Waals surface area contributed by atoms with Crippen molar-refractivity contribution in [3.05, 3.63) is 76.1 Å². The monoisotopic (exact) mass is 470 g/mol. The number of aromatic nitrogens is 1. The summed E-state index contributed by atoms with van der Waals surface area (Å²) in [5.41, 5.74) is 7.78. The Morgan fingerprint density at radius 3 is 2.53 bits per heavy atom. The van der Waals surface area contributed by atoms with Crippen molar-refractivity contribution in [3.63, 3.8) is 0 Å². The average Bonchev–Trinajstić information content (AvgIpc) is 2.78. The number of carbonyl (C=O) groups is 2. The van der Waals surface area contributed by atoms with Gasteiger partial charge in [0.1, 0.15) is 11.9 Å². The van der Waals surface area contributed by atoms with Gasteiger partial charge >= 0.3 is 5.97 Å². The number of hydrogen-bond donors (Lipinski definition) is 2. The second-order valence-corrected chi connectivity index (χ2v) is 7.83. The van der Waals surface area contributed by atoms with E-state index in [1.807, 2.05) is 0 Å². The van der Waals surface area contributed by atoms with E-state index in [9.17, 15) is 19.1 Å². The van der Waals surface area contributed by atoms with Crippen LogP contribution in [0, 0.1) is 5.82 Å². The van der Waals surface area contributed by atoms with Crippen LogP contribution in [0.15, 0.2) is 47.9 Å². The Hall–Kier alpha value is -3.52. The Bertz CT molecular complexity index is 1120. The highest BCUT2D eigenvalue weighted by molar-refractivity contribution is 5.94. The van der Waals surface area contributed by atoms with E-state index in [0.29, 0.717) is 22.4 Å². The molecule has 0 spiro atoms. The molecule has 0 aliphatic heterocycles. The molecule has 1 aromatic carbocycles. The molecule has 0 amide bonds. The molecule has 0 saturated carbocycles. The van der Waals surface area contributed by atoms with Gasteiger partial charge in [0, 0.05) is 35.0 Å². The van der Waals surface area contributed by atoms with Crippen LogP contribution >= 0.6 is 0 Å². The summed E-state index contributed by atoms with van der Waals surface area (Å²) in [5, 5.41) is 10.3. The minimum Gasteiger partial charge on any atom is -0.512 e. The van der Waals surface area contributed by atoms with Gasteiger partial charge in [0.25, 0.3) is 0 Å². The first-order chi connectivity index (χ1) is 16.1. The SMILES string of the molecule is CCOC(=O)Cc1ccc(C(C)=O)cc1OC(C)/C(C)=C/C(=C(\C)O)c1ccnc(CN)c1F. The van der Waals surface area contributed by atoms with Gasteiger partial charge in [-0.1, -0.05) is 12.1 Å². The van der Waals surface area contributed by atoms with Crippen molar-refractivity contribution < 1.29 is 28.6 Å². The third kappa shape index (κ3) is 6.74. The lowest BCUT2D eigenvalue weighted by atomic mass is 9.99. The summed E-state index contributed by atoms with van der Waals surface area (Å²) in [6.45, 7) is 8.36. The van der Waals surface area contributed by atoms with Gasteiger partial charge in [0.2, 0.25) is 0 Å². The zero-order valence-electron chi connectivity index (χ0n) is 20.1. The second kappa shape index (κ2) is 12.1. The van der Waals surface area contributed by atoms with Gasteiger partial charge in [0.05, 0.1) is 24.5 Å². The second-order valence-electron chi connectivity index (χ2n) is 7.83. The first-order valence-electron chi connectivity index (χ1n) is 11.0. The summed E-state index contributed by atoms with van der Waals surface area (Å²) in [6.07, 6.45) is 2.51. The van der Waals surface area contributed by atoms with E-state index in [2.05, 4.69) is 4.98 Å². The number of pyridine rings is 1. The number of nitrogens with two attached hydrogens (primary N) is 1. The molecular weight excluding hydrogens is 439 g/mol. The van der Waals surface area contributed by atoms with Gasteiger partial charge < -0.3 is 20.3 Å². The highest BCUT2D eigenvalue weighted by Crippen LogP contribution is 2.28. The number of Topliss-reactive ketones (excluding diaryl/α,β-unsaturated/α-hetero) is 1. The van der Waals surface area contributed by atoms with E-state index in [0.717, 1.165) is 0 Å². The number of benzene rings is 1. The molecule has 0 bridgehead atoms. The summed E-state index contributed by atoms with van der Waals surface area (Å²) >= 11 is 0. The lowest BCUT2D eigenvalue weighted by molar-refractivity contribution is -0.142. The molecule has 0 saturated heterocycles. The summed E-state index contributed by atoms with van der Waals surface area (Å²) in [4.78, 5) is 27.8. The predicted molar refractivity (Wildman–Crippen MR) is 128 cm³/mol. The Labute approximate surface area is 199 Å². The average molecular weight is 471 g/mol. The number of hydrogen-bond acceptors (Lipinski definition) is 7. The highest BCUT2D eigenvalue weighted by atomic mass is 19.1. The minimum atomic E-state index is -0.600. The molecule has 1 atom stereocenters. The first kappa shape index (κ1) is 26.7. The molecular formula is C26H31FN2O5. The molecule has 182 valence electrons. The summed E-state index contributed by atoms with van der Waals surface area (Å²) < 4.78 is 26.0. The van der Waals surface area contributed by atoms with Crippen LogP contribution in [0.1, 0.15) is 61.8 Å². The molecule has 0 aliphatic rings. The highest BCUT2D eigenvalue weighted by Gasteiger charge is 2.18. The molecule has 7 nitrogen and oxygen atoms in total. The quantitative estimate of drug-likeness (QED) is 0.224. The number of nitrogens with zero attached hydrogens (tertiary/aromatic N) is 1. The van der Waals surface area contributed by atoms with Crippen molar-refractivity contribution in [2.75, 3.05) is 6.61 Å². The van der Waals surface area contributed by atoms with E-state index in [1.54, 1.807) is 45.0 Å². The van der Waals surface area contributed by atoms with E-state index >= 15 is 0 Å². The minimum absolute atomic E-state index is 0.0121. The van der Waals surface area contributed by atoms with Crippen molar-refractivity contribution in [1.29, 1.82) is 0 Å². The van der Waals surface area contributed by atoms with Crippen LogP contribution in [0.5, 0.6) is 5.75 Å². The number of halogens is 1. The Morgan fingerprint density at radius 1 is 1.24 bits per heavy atom. The maximum atomic E-state index is 14.8. The third-order valence-electron chi connectivity index (χ3n) is 5.27. The van der Waals surface area contributed by atoms with Crippen molar-refractivity contribution in [2.45, 2.75) is 53.7 Å². The molecule has 1 heterocycles. The number of esters is 1. The van der Waals surface area contributed by atoms with Crippen LogP contribution < -0.4 is 10.5 Å². The molecule has 1 unspecified atom stereocenters. The first-order valence-corrected chi connectivity index (χ1v) is 11.0. The van der Waals surface area contributed by atoms with Crippen LogP contribution in [0.2, 0.25) is 0 Å². The number of aliphatic hydroxyl groups excluding tert-OH is 1. The summed E-state index contributed by atoms with van der Waals surface area (Å²) in [6, 6.07) is 6.35. The largest absolute Gasteiger partial charge is 0.512 e. The van der Waals surface area contributed by atoms with Crippen LogP contribution in [0.3, 0.4) is 0 Å². The van der Waals surface area contributed by atoms with Gasteiger partial charge in [-0.05, 0) is 58.4 Å². The fourth-order valence-corrected chi connectivity index (χ4v) is 3.24. The Morgan fingerprint density at radius 2 is 1.94 bits per heavy atom. The van der Waals surface area contributed by atoms with Gasteiger partial charge in [-0.15, -0.1) is 0 Å². The zero-order valence-corrected chi connectivity index (χ0v) is 20.1. The fraction of sp³-hybridized carbons (Fsp3) is 0.346. The van der Waals surface area contributed by atoms with Gasteiger partial charge in [-0.3, -0.25) is 14.6 Å². The van der Waals surface area contributed by atoms with Gasteiger partial charge in [0.15, 0.2) is 11.6 Å². The molecule has 0 radical (unpaired) electrons. The lowest BCUT2D eigenvalue weighted by Crippen LogP contribution is -2.16. The predicted octanol–water partition coefficient (Wildman–Crippen LogP) is 4.69. The number of ketones is 1. The van der Waals surface area contributed by atoms with Gasteiger partial charge in [-0.2, -0.15) is 0 Å². The Kier molecular flexibility index (Phi) is 9.50. The molecule has 0 aliphatic carbocycles. The smallest absolute Gasteiger partial charge is 0.310 e. The number of rotatable bonds is 10. The number of allylic oxidation sites excluding steroid dienone is 3. The van der Waals surface area contributed by atoms with Crippen molar-refractivity contribution in [3.8, 4) is 5.75 Å². The maximum Gasteiger partial charge on any atom is 0.310 e. The standard InChI is InChI=1S/C26H31FN2O5/c1-6-33-25(32)13-20-8-7-19(16(3)30)12-24(20)34-18(5)15(2)11-22(17(4)31)21-9-10-29-23(14-28)26(21)27/h7-12,18,31H,6,13-14,28H2,1-5H3/b15-11+,22-17-. The van der Waals surface area contributed by atoms with Crippen LogP contribution in [0.25, 0.3) is 5.57 Å². The number of ether oxygens (including phenoxy) is 2. The molecule has 2 rings (SSSR count). The van der Waals surface area contributed by atoms with Crippen LogP contribution in [-0.2, 0) is 22.5 Å². The molecule has 3 N–H and O–H groups in total. The van der Waals surface area contributed by atoms with Crippen molar-refractivity contribution >= 4 is 17.3 Å². The maximum absolute atomic E-state index is 14.8. The fourth-order valence-electron chi connectivity index (χ4n) is 3.24. The number of carbonyl (C=O) groups excluding carboxylic acids is 2. The van der Waals surface area contributed by atoms with Gasteiger partial charge in [-0.25, -0.2) is 4.39 Å². The normalized spacial score (nSPS) is 13.2. The molecule has 2 aromatic rings. The van der Waals surface area contributed by atoms with E-state index < -0.39 is 17.9 Å². The topological polar surface area (TPSA) is 112 Å². The zero-order chi connectivity index (χ0) is 25.4. The Balaban J connectivity index is 2.40. The molecule has 0 fully saturated rings. The molecule has 1 aromatic heterocycles. The van der Waals surface area contributed by atoms with E-state index in [-0.39, 0.29) is 47.9 Å². The van der Waals surface area contributed by atoms with E-state index in [4.69, 9.17) is 15.2 Å². The lowest BCUT2D eigenvalue weighted by Gasteiger charge is -2.20. The summed E-state index contributed by atoms with van der Waals surface area (Å²) in [7, 11) is 0. The molecule has 8 heteroatoms. The van der Waals surface area contributed by atoms with Crippen LogP contribution in [-0.4, -0.2) is 34.6 Å². The van der Waals surface area contributed by atoms with Crippen molar-refractivity contribution in [2.24, 2.45) is 5.73 Å².